The zero-order valence-corrected chi connectivity index (χ0v) is 23.5. The number of amides is 1. The van der Waals surface area contributed by atoms with Crippen LogP contribution in [0.25, 0.3) is 0 Å². The normalized spacial score (nSPS) is 12.1. The number of ether oxygens (including phenoxy) is 2. The van der Waals surface area contributed by atoms with Gasteiger partial charge in [0.15, 0.2) is 12.4 Å². The van der Waals surface area contributed by atoms with Crippen molar-refractivity contribution in [2.75, 3.05) is 6.61 Å². The molecular formula is C22H22BrI2NO6. The van der Waals surface area contributed by atoms with Crippen molar-refractivity contribution in [3.05, 3.63) is 59.1 Å². The number of rotatable bonds is 7. The molecular weight excluding hydrogens is 708 g/mol. The summed E-state index contributed by atoms with van der Waals surface area (Å²) < 4.78 is 12.5. The zero-order chi connectivity index (χ0) is 24.1. The van der Waals surface area contributed by atoms with Crippen LogP contribution in [-0.4, -0.2) is 41.2 Å². The Bertz CT molecular complexity index is 981. The van der Waals surface area contributed by atoms with Crippen LogP contribution < -0.4 is 5.32 Å². The number of nitrogens with one attached hydrogen (secondary N) is 1. The number of alkyl carbamates (subject to hydrolysis) is 1. The molecule has 2 aromatic carbocycles. The van der Waals surface area contributed by atoms with E-state index in [0.717, 1.165) is 4.47 Å². The van der Waals surface area contributed by atoms with Crippen LogP contribution in [0.3, 0.4) is 0 Å². The van der Waals surface area contributed by atoms with E-state index in [4.69, 9.17) is 9.47 Å². The summed E-state index contributed by atoms with van der Waals surface area (Å²) in [5.41, 5.74) is 0.355. The van der Waals surface area contributed by atoms with Gasteiger partial charge in [-0.25, -0.2) is 9.59 Å². The average molecular weight is 730 g/mol. The van der Waals surface area contributed by atoms with Gasteiger partial charge in [0, 0.05) is 16.5 Å². The molecule has 10 heteroatoms. The molecule has 7 nitrogen and oxygen atoms in total. The van der Waals surface area contributed by atoms with Crippen molar-refractivity contribution < 1.29 is 29.0 Å². The number of carbonyl (C=O) groups is 3. The van der Waals surface area contributed by atoms with Crippen LogP contribution >= 0.6 is 61.1 Å². The Morgan fingerprint density at radius 3 is 2.19 bits per heavy atom. The lowest BCUT2D eigenvalue weighted by Crippen LogP contribution is -2.45. The van der Waals surface area contributed by atoms with Crippen molar-refractivity contribution in [3.8, 4) is 5.75 Å². The minimum atomic E-state index is -1.08. The molecule has 0 saturated carbocycles. The first-order chi connectivity index (χ1) is 14.9. The third-order valence-electron chi connectivity index (χ3n) is 4.00. The predicted molar refractivity (Wildman–Crippen MR) is 140 cm³/mol. The number of benzene rings is 2. The van der Waals surface area contributed by atoms with Crippen molar-refractivity contribution in [2.45, 2.75) is 38.8 Å². The monoisotopic (exact) mass is 729 g/mol. The van der Waals surface area contributed by atoms with Crippen LogP contribution in [-0.2, 0) is 20.7 Å². The summed E-state index contributed by atoms with van der Waals surface area (Å²) in [4.78, 5) is 37.4. The maximum Gasteiger partial charge on any atom is 0.408 e. The molecule has 0 fully saturated rings. The number of carbonyl (C=O) groups excluding carboxylic acids is 3. The highest BCUT2D eigenvalue weighted by atomic mass is 127. The molecule has 0 spiro atoms. The van der Waals surface area contributed by atoms with E-state index in [1.165, 1.54) is 0 Å². The van der Waals surface area contributed by atoms with Crippen molar-refractivity contribution >= 4 is 79.0 Å². The Morgan fingerprint density at radius 2 is 1.66 bits per heavy atom. The second-order valence-electron chi connectivity index (χ2n) is 7.85. The third kappa shape index (κ3) is 8.50. The molecule has 0 aromatic heterocycles. The Morgan fingerprint density at radius 1 is 1.09 bits per heavy atom. The average Bonchev–Trinajstić information content (AvgIpc) is 2.68. The molecule has 0 bridgehead atoms. The Hall–Kier alpha value is -1.41. The van der Waals surface area contributed by atoms with Gasteiger partial charge in [0.25, 0.3) is 0 Å². The number of Topliss-reactive ketones (excluding diaryl/α,β-unsaturated/α-hetero) is 1. The minimum absolute atomic E-state index is 0.0941. The molecule has 0 aliphatic carbocycles. The second-order valence-corrected chi connectivity index (χ2v) is 11.1. The number of phenols is 1. The summed E-state index contributed by atoms with van der Waals surface area (Å²) in [6, 6.07) is 9.02. The van der Waals surface area contributed by atoms with Gasteiger partial charge >= 0.3 is 12.1 Å². The van der Waals surface area contributed by atoms with E-state index in [1.807, 2.05) is 45.2 Å². The van der Waals surface area contributed by atoms with Crippen LogP contribution in [0.1, 0.15) is 36.7 Å². The van der Waals surface area contributed by atoms with Crippen LogP contribution in [0.15, 0.2) is 40.9 Å². The van der Waals surface area contributed by atoms with E-state index in [9.17, 15) is 19.5 Å². The number of halogens is 3. The van der Waals surface area contributed by atoms with Crippen molar-refractivity contribution in [1.29, 1.82) is 0 Å². The molecule has 0 aliphatic heterocycles. The fourth-order valence-electron chi connectivity index (χ4n) is 2.57. The first kappa shape index (κ1) is 26.8. The molecule has 32 heavy (non-hydrogen) atoms. The first-order valence-electron chi connectivity index (χ1n) is 9.47. The second kappa shape index (κ2) is 11.6. The summed E-state index contributed by atoms with van der Waals surface area (Å²) in [6.07, 6.45) is -0.682. The Kier molecular flexibility index (Phi) is 9.76. The third-order valence-corrected chi connectivity index (χ3v) is 6.18. The topological polar surface area (TPSA) is 102 Å². The van der Waals surface area contributed by atoms with Gasteiger partial charge in [0.05, 0.1) is 7.14 Å². The largest absolute Gasteiger partial charge is 0.506 e. The number of hydrogen-bond donors (Lipinski definition) is 2. The van der Waals surface area contributed by atoms with Gasteiger partial charge in [-0.05, 0) is 95.8 Å². The number of hydrogen-bond acceptors (Lipinski definition) is 6. The van der Waals surface area contributed by atoms with Gasteiger partial charge < -0.3 is 19.9 Å². The van der Waals surface area contributed by atoms with Crippen molar-refractivity contribution in [3.63, 3.8) is 0 Å². The number of aromatic hydroxyl groups is 1. The lowest BCUT2D eigenvalue weighted by Gasteiger charge is -2.23. The summed E-state index contributed by atoms with van der Waals surface area (Å²) in [7, 11) is 0. The first-order valence-corrected chi connectivity index (χ1v) is 12.4. The van der Waals surface area contributed by atoms with Crippen LogP contribution in [0, 0.1) is 7.14 Å². The van der Waals surface area contributed by atoms with Crippen LogP contribution in [0.2, 0.25) is 0 Å². The molecule has 2 aromatic rings. The molecule has 0 radical (unpaired) electrons. The molecule has 172 valence electrons. The van der Waals surface area contributed by atoms with E-state index in [1.54, 1.807) is 57.2 Å². The van der Waals surface area contributed by atoms with Gasteiger partial charge in [-0.3, -0.25) is 4.79 Å². The van der Waals surface area contributed by atoms with Gasteiger partial charge in [-0.1, -0.05) is 28.1 Å². The van der Waals surface area contributed by atoms with E-state index in [-0.39, 0.29) is 18.0 Å². The number of phenolic OH excluding ortho intramolecular Hbond substituents is 1. The maximum absolute atomic E-state index is 12.8. The van der Waals surface area contributed by atoms with Crippen LogP contribution in [0.5, 0.6) is 5.75 Å². The Labute approximate surface area is 222 Å². The highest BCUT2D eigenvalue weighted by Crippen LogP contribution is 2.28. The van der Waals surface area contributed by atoms with Gasteiger partial charge in [0.1, 0.15) is 17.4 Å². The van der Waals surface area contributed by atoms with E-state index in [2.05, 4.69) is 21.2 Å². The fourth-order valence-corrected chi connectivity index (χ4v) is 4.73. The summed E-state index contributed by atoms with van der Waals surface area (Å²) in [6.45, 7) is 4.67. The molecule has 0 heterocycles. The fraction of sp³-hybridized carbons (Fsp3) is 0.318. The predicted octanol–water partition coefficient (Wildman–Crippen LogP) is 5.23. The van der Waals surface area contributed by atoms with Gasteiger partial charge in [-0.2, -0.15) is 0 Å². The highest BCUT2D eigenvalue weighted by molar-refractivity contribution is 14.1. The zero-order valence-electron chi connectivity index (χ0n) is 17.6. The van der Waals surface area contributed by atoms with Gasteiger partial charge in [-0.15, -0.1) is 0 Å². The van der Waals surface area contributed by atoms with E-state index >= 15 is 0 Å². The SMILES string of the molecule is CC(C)(C)OC(=O)N[C@H](Cc1cc(I)c(O)c(I)c1)C(=O)OCC(=O)c1ccc(Br)cc1. The molecule has 0 unspecified atom stereocenters. The molecule has 1 amide bonds. The Balaban J connectivity index is 2.15. The highest BCUT2D eigenvalue weighted by Gasteiger charge is 2.27. The molecule has 2 N–H and O–H groups in total. The van der Waals surface area contributed by atoms with E-state index < -0.39 is 30.3 Å². The quantitative estimate of drug-likeness (QED) is 0.230. The van der Waals surface area contributed by atoms with Crippen LogP contribution in [0.4, 0.5) is 4.79 Å². The lowest BCUT2D eigenvalue weighted by atomic mass is 10.1. The maximum atomic E-state index is 12.8. The minimum Gasteiger partial charge on any atom is -0.506 e. The summed E-state index contributed by atoms with van der Waals surface area (Å²) in [5.74, 6) is -0.982. The summed E-state index contributed by atoms with van der Waals surface area (Å²) in [5, 5.41) is 12.5. The smallest absolute Gasteiger partial charge is 0.408 e. The summed E-state index contributed by atoms with van der Waals surface area (Å²) >= 11 is 7.27. The van der Waals surface area contributed by atoms with Gasteiger partial charge in [0.2, 0.25) is 0 Å². The molecule has 0 saturated heterocycles. The number of esters is 1. The standard InChI is InChI=1S/C22H22BrI2NO6/c1-22(2,3)32-21(30)26-17(10-12-8-15(24)19(28)16(25)9-12)20(29)31-11-18(27)13-4-6-14(23)7-5-13/h4-9,17,28H,10-11H2,1-3H3,(H,26,30)/t17-/m1/s1. The van der Waals surface area contributed by atoms with E-state index in [0.29, 0.717) is 18.3 Å². The molecule has 0 aliphatic rings. The lowest BCUT2D eigenvalue weighted by molar-refractivity contribution is -0.145. The van der Waals surface area contributed by atoms with Crippen molar-refractivity contribution in [2.24, 2.45) is 0 Å². The molecule has 1 atom stereocenters. The number of ketones is 1. The van der Waals surface area contributed by atoms with Crippen molar-refractivity contribution in [1.82, 2.24) is 5.32 Å². The molecule has 2 rings (SSSR count).